The van der Waals surface area contributed by atoms with Gasteiger partial charge in [-0.25, -0.2) is 0 Å². The molecule has 2 aromatic heterocycles. The molecule has 5 heteroatoms. The maximum atomic E-state index is 6.34. The van der Waals surface area contributed by atoms with E-state index >= 15 is 0 Å². The van der Waals surface area contributed by atoms with Gasteiger partial charge in [-0.15, -0.1) is 0 Å². The highest BCUT2D eigenvalue weighted by atomic mass is 35.5. The molecule has 20 heavy (non-hydrogen) atoms. The molecule has 0 aromatic carbocycles. The SMILES string of the molecule is CCCn1ncc(Cl)c1C(Cc1cccnc1)NCC. The Morgan fingerprint density at radius 1 is 1.35 bits per heavy atom. The molecule has 0 radical (unpaired) electrons. The predicted octanol–water partition coefficient (Wildman–Crippen LogP) is 3.23. The minimum absolute atomic E-state index is 0.158. The topological polar surface area (TPSA) is 42.7 Å². The number of nitrogens with one attached hydrogen (secondary N) is 1. The highest BCUT2D eigenvalue weighted by molar-refractivity contribution is 6.31. The van der Waals surface area contributed by atoms with Crippen molar-refractivity contribution < 1.29 is 0 Å². The van der Waals surface area contributed by atoms with Crippen LogP contribution in [0.15, 0.2) is 30.7 Å². The van der Waals surface area contributed by atoms with E-state index in [2.05, 4.69) is 35.3 Å². The lowest BCUT2D eigenvalue weighted by Crippen LogP contribution is -2.26. The molecule has 0 aliphatic carbocycles. The summed E-state index contributed by atoms with van der Waals surface area (Å²) in [5, 5.41) is 8.61. The number of likely N-dealkylation sites (N-methyl/N-ethyl adjacent to an activating group) is 1. The van der Waals surface area contributed by atoms with E-state index in [0.29, 0.717) is 0 Å². The number of hydrogen-bond acceptors (Lipinski definition) is 3. The molecule has 4 nitrogen and oxygen atoms in total. The second kappa shape index (κ2) is 7.41. The molecule has 2 aromatic rings. The summed E-state index contributed by atoms with van der Waals surface area (Å²) in [5.74, 6) is 0. The standard InChI is InChI=1S/C15H21ClN4/c1-3-8-20-15(13(16)11-19-20)14(18-4-2)9-12-6-5-7-17-10-12/h5-7,10-11,14,18H,3-4,8-9H2,1-2H3. The number of aryl methyl sites for hydroxylation is 1. The maximum Gasteiger partial charge on any atom is 0.0834 e. The molecule has 2 rings (SSSR count). The third-order valence-electron chi connectivity index (χ3n) is 3.21. The zero-order chi connectivity index (χ0) is 14.4. The molecule has 0 saturated heterocycles. The van der Waals surface area contributed by atoms with Gasteiger partial charge in [0, 0.05) is 18.9 Å². The third-order valence-corrected chi connectivity index (χ3v) is 3.50. The fourth-order valence-corrected chi connectivity index (χ4v) is 2.65. The molecule has 0 fully saturated rings. The van der Waals surface area contributed by atoms with Gasteiger partial charge in [0.25, 0.3) is 0 Å². The van der Waals surface area contributed by atoms with Gasteiger partial charge in [0.2, 0.25) is 0 Å². The number of rotatable bonds is 7. The molecule has 0 aliphatic rings. The van der Waals surface area contributed by atoms with Crippen molar-refractivity contribution in [3.05, 3.63) is 47.0 Å². The van der Waals surface area contributed by atoms with E-state index in [1.165, 1.54) is 5.56 Å². The minimum Gasteiger partial charge on any atom is -0.309 e. The molecule has 1 unspecified atom stereocenters. The Bertz CT molecular complexity index is 524. The Kier molecular flexibility index (Phi) is 5.56. The van der Waals surface area contributed by atoms with Gasteiger partial charge in [-0.05, 0) is 31.0 Å². The van der Waals surface area contributed by atoms with Crippen LogP contribution in [-0.2, 0) is 13.0 Å². The van der Waals surface area contributed by atoms with E-state index < -0.39 is 0 Å². The Labute approximate surface area is 125 Å². The zero-order valence-corrected chi connectivity index (χ0v) is 12.8. The van der Waals surface area contributed by atoms with Crippen LogP contribution in [-0.4, -0.2) is 21.3 Å². The molecule has 0 bridgehead atoms. The summed E-state index contributed by atoms with van der Waals surface area (Å²) < 4.78 is 2.01. The highest BCUT2D eigenvalue weighted by Gasteiger charge is 2.19. The van der Waals surface area contributed by atoms with Crippen molar-refractivity contribution >= 4 is 11.6 Å². The summed E-state index contributed by atoms with van der Waals surface area (Å²) in [5.41, 5.74) is 2.26. The molecule has 1 N–H and O–H groups in total. The first-order valence-electron chi connectivity index (χ1n) is 7.09. The summed E-state index contributed by atoms with van der Waals surface area (Å²) in [6.07, 6.45) is 7.33. The molecule has 0 saturated carbocycles. The third kappa shape index (κ3) is 3.58. The van der Waals surface area contributed by atoms with Crippen LogP contribution in [0.5, 0.6) is 0 Å². The number of pyridine rings is 1. The zero-order valence-electron chi connectivity index (χ0n) is 12.0. The quantitative estimate of drug-likeness (QED) is 0.852. The molecular formula is C15H21ClN4. The maximum absolute atomic E-state index is 6.34. The van der Waals surface area contributed by atoms with Crippen LogP contribution in [0, 0.1) is 0 Å². The lowest BCUT2D eigenvalue weighted by Gasteiger charge is -2.20. The fraction of sp³-hybridized carbons (Fsp3) is 0.467. The highest BCUT2D eigenvalue weighted by Crippen LogP contribution is 2.25. The van der Waals surface area contributed by atoms with Gasteiger partial charge in [0.05, 0.1) is 23.0 Å². The van der Waals surface area contributed by atoms with Gasteiger partial charge in [0.15, 0.2) is 0 Å². The van der Waals surface area contributed by atoms with Gasteiger partial charge in [0.1, 0.15) is 0 Å². The van der Waals surface area contributed by atoms with E-state index in [1.54, 1.807) is 12.4 Å². The van der Waals surface area contributed by atoms with Crippen LogP contribution >= 0.6 is 11.6 Å². The number of nitrogens with zero attached hydrogens (tertiary/aromatic N) is 3. The largest absolute Gasteiger partial charge is 0.309 e. The van der Waals surface area contributed by atoms with Crippen LogP contribution in [0.2, 0.25) is 5.02 Å². The molecule has 1 atom stereocenters. The smallest absolute Gasteiger partial charge is 0.0834 e. The second-order valence-electron chi connectivity index (χ2n) is 4.78. The van der Waals surface area contributed by atoms with Crippen LogP contribution in [0.3, 0.4) is 0 Å². The Morgan fingerprint density at radius 3 is 2.85 bits per heavy atom. The van der Waals surface area contributed by atoms with Crippen LogP contribution in [0.1, 0.15) is 37.6 Å². The Morgan fingerprint density at radius 2 is 2.20 bits per heavy atom. The van der Waals surface area contributed by atoms with Gasteiger partial charge in [-0.1, -0.05) is 31.5 Å². The monoisotopic (exact) mass is 292 g/mol. The summed E-state index contributed by atoms with van der Waals surface area (Å²) in [6, 6.07) is 4.21. The van der Waals surface area contributed by atoms with Crippen molar-refractivity contribution in [3.63, 3.8) is 0 Å². The van der Waals surface area contributed by atoms with Crippen molar-refractivity contribution in [2.45, 2.75) is 39.3 Å². The average Bonchev–Trinajstić information content (AvgIpc) is 2.81. The van der Waals surface area contributed by atoms with E-state index in [1.807, 2.05) is 16.9 Å². The molecular weight excluding hydrogens is 272 g/mol. The molecule has 108 valence electrons. The Balaban J connectivity index is 2.26. The summed E-state index contributed by atoms with van der Waals surface area (Å²) >= 11 is 6.34. The van der Waals surface area contributed by atoms with Gasteiger partial charge >= 0.3 is 0 Å². The Hall–Kier alpha value is -1.39. The lowest BCUT2D eigenvalue weighted by atomic mass is 10.0. The van der Waals surface area contributed by atoms with Crippen molar-refractivity contribution in [1.29, 1.82) is 0 Å². The van der Waals surface area contributed by atoms with Crippen molar-refractivity contribution in [2.24, 2.45) is 0 Å². The van der Waals surface area contributed by atoms with Crippen LogP contribution in [0.25, 0.3) is 0 Å². The van der Waals surface area contributed by atoms with Crippen molar-refractivity contribution in [2.75, 3.05) is 6.54 Å². The van der Waals surface area contributed by atoms with Gasteiger partial charge in [-0.3, -0.25) is 9.67 Å². The molecule has 0 spiro atoms. The molecule has 2 heterocycles. The number of aromatic nitrogens is 3. The first-order chi connectivity index (χ1) is 9.76. The van der Waals surface area contributed by atoms with E-state index in [9.17, 15) is 0 Å². The number of halogens is 1. The summed E-state index contributed by atoms with van der Waals surface area (Å²) in [7, 11) is 0. The van der Waals surface area contributed by atoms with E-state index in [-0.39, 0.29) is 6.04 Å². The predicted molar refractivity (Wildman–Crippen MR) is 81.9 cm³/mol. The van der Waals surface area contributed by atoms with Crippen molar-refractivity contribution in [3.8, 4) is 0 Å². The fourth-order valence-electron chi connectivity index (χ4n) is 2.37. The molecule has 0 amide bonds. The first-order valence-corrected chi connectivity index (χ1v) is 7.47. The second-order valence-corrected chi connectivity index (χ2v) is 5.18. The number of hydrogen-bond donors (Lipinski definition) is 1. The lowest BCUT2D eigenvalue weighted by molar-refractivity contribution is 0.478. The van der Waals surface area contributed by atoms with Crippen LogP contribution in [0.4, 0.5) is 0 Å². The normalized spacial score (nSPS) is 12.6. The summed E-state index contributed by atoms with van der Waals surface area (Å²) in [6.45, 7) is 6.02. The minimum atomic E-state index is 0.158. The van der Waals surface area contributed by atoms with Crippen molar-refractivity contribution in [1.82, 2.24) is 20.1 Å². The van der Waals surface area contributed by atoms with Gasteiger partial charge < -0.3 is 5.32 Å². The van der Waals surface area contributed by atoms with Gasteiger partial charge in [-0.2, -0.15) is 5.10 Å². The van der Waals surface area contributed by atoms with Crippen LogP contribution < -0.4 is 5.32 Å². The average molecular weight is 293 g/mol. The van der Waals surface area contributed by atoms with E-state index in [0.717, 1.165) is 36.6 Å². The summed E-state index contributed by atoms with van der Waals surface area (Å²) in [4.78, 5) is 4.18. The molecule has 0 aliphatic heterocycles. The first kappa shape index (κ1) is 15.0. The van der Waals surface area contributed by atoms with E-state index in [4.69, 9.17) is 11.6 Å².